The van der Waals surface area contributed by atoms with Crippen LogP contribution in [-0.2, 0) is 17.4 Å². The van der Waals surface area contributed by atoms with Crippen LogP contribution in [0.15, 0.2) is 48.7 Å². The first-order chi connectivity index (χ1) is 15.6. The minimum absolute atomic E-state index is 0.0511. The molecule has 0 fully saturated rings. The number of fused-ring (bicyclic) bond motifs is 1. The molecule has 0 amide bonds. The molecule has 0 saturated heterocycles. The number of carboxylic acid groups (broad SMARTS) is 1. The van der Waals surface area contributed by atoms with Gasteiger partial charge in [0.25, 0.3) is 0 Å². The highest BCUT2D eigenvalue weighted by atomic mass is 32.1. The fourth-order valence-electron chi connectivity index (χ4n) is 3.65. The van der Waals surface area contributed by atoms with Gasteiger partial charge in [-0.15, -0.1) is 11.3 Å². The maximum absolute atomic E-state index is 12.8. The van der Waals surface area contributed by atoms with E-state index in [1.165, 1.54) is 23.5 Å². The fourth-order valence-corrected chi connectivity index (χ4v) is 4.69. The monoisotopic (exact) mass is 474 g/mol. The Morgan fingerprint density at radius 1 is 1.21 bits per heavy atom. The highest BCUT2D eigenvalue weighted by molar-refractivity contribution is 7.15. The number of hydrogen-bond acceptors (Lipinski definition) is 4. The molecule has 0 bridgehead atoms. The summed E-state index contributed by atoms with van der Waals surface area (Å²) in [5.41, 5.74) is 2.31. The number of aryl methyl sites for hydroxylation is 1. The van der Waals surface area contributed by atoms with Crippen LogP contribution in [0.2, 0.25) is 0 Å². The summed E-state index contributed by atoms with van der Waals surface area (Å²) in [7, 11) is 0. The molecule has 1 atom stereocenters. The Bertz CT molecular complexity index is 1290. The van der Waals surface area contributed by atoms with E-state index >= 15 is 0 Å². The molecule has 172 valence electrons. The van der Waals surface area contributed by atoms with Gasteiger partial charge in [0.1, 0.15) is 10.8 Å². The lowest BCUT2D eigenvalue weighted by Gasteiger charge is -2.12. The Labute approximate surface area is 191 Å². The van der Waals surface area contributed by atoms with Crippen molar-refractivity contribution in [1.29, 1.82) is 0 Å². The molecule has 9 heteroatoms. The number of H-pyrrole nitrogens is 1. The minimum Gasteiger partial charge on any atom is -0.493 e. The number of aromatic nitrogens is 2. The summed E-state index contributed by atoms with van der Waals surface area (Å²) < 4.78 is 44.4. The zero-order chi connectivity index (χ0) is 23.8. The summed E-state index contributed by atoms with van der Waals surface area (Å²) in [6, 6.07) is 10.5. The van der Waals surface area contributed by atoms with Gasteiger partial charge in [0.05, 0.1) is 24.3 Å². The molecule has 33 heavy (non-hydrogen) atoms. The third-order valence-corrected chi connectivity index (χ3v) is 6.37. The van der Waals surface area contributed by atoms with Crippen LogP contribution in [0.4, 0.5) is 13.2 Å². The summed E-state index contributed by atoms with van der Waals surface area (Å²) >= 11 is 1.43. The van der Waals surface area contributed by atoms with Gasteiger partial charge >= 0.3 is 12.1 Å². The topological polar surface area (TPSA) is 75.2 Å². The summed E-state index contributed by atoms with van der Waals surface area (Å²) in [6.45, 7) is 4.26. The molecule has 0 aliphatic carbocycles. The van der Waals surface area contributed by atoms with E-state index in [-0.39, 0.29) is 12.3 Å². The molecule has 0 radical (unpaired) electrons. The summed E-state index contributed by atoms with van der Waals surface area (Å²) in [4.78, 5) is 19.8. The number of carboxylic acids is 1. The second-order valence-corrected chi connectivity index (χ2v) is 9.04. The lowest BCUT2D eigenvalue weighted by Crippen LogP contribution is -2.08. The third kappa shape index (κ3) is 5.03. The van der Waals surface area contributed by atoms with Crippen LogP contribution in [0.1, 0.15) is 34.5 Å². The van der Waals surface area contributed by atoms with Gasteiger partial charge in [0.2, 0.25) is 0 Å². The Balaban J connectivity index is 1.47. The van der Waals surface area contributed by atoms with Crippen molar-refractivity contribution in [3.63, 3.8) is 0 Å². The van der Waals surface area contributed by atoms with E-state index in [4.69, 9.17) is 9.84 Å². The number of alkyl halides is 3. The molecule has 4 rings (SSSR count). The van der Waals surface area contributed by atoms with Gasteiger partial charge in [-0.3, -0.25) is 4.79 Å². The van der Waals surface area contributed by atoms with Gasteiger partial charge in [0.15, 0.2) is 0 Å². The number of nitrogens with zero attached hydrogens (tertiary/aromatic N) is 1. The number of ether oxygens (including phenoxy) is 1. The third-order valence-electron chi connectivity index (χ3n) is 5.34. The first-order valence-electron chi connectivity index (χ1n) is 10.2. The van der Waals surface area contributed by atoms with E-state index in [0.29, 0.717) is 28.5 Å². The Kier molecular flexibility index (Phi) is 6.16. The van der Waals surface area contributed by atoms with Crippen molar-refractivity contribution in [2.45, 2.75) is 32.4 Å². The first kappa shape index (κ1) is 22.8. The predicted octanol–water partition coefficient (Wildman–Crippen LogP) is 6.43. The molecule has 2 aromatic carbocycles. The van der Waals surface area contributed by atoms with Gasteiger partial charge in [-0.1, -0.05) is 19.1 Å². The molecular formula is C24H21F3N2O3S. The van der Waals surface area contributed by atoms with Gasteiger partial charge in [0, 0.05) is 33.5 Å². The van der Waals surface area contributed by atoms with Gasteiger partial charge in [-0.05, 0) is 42.8 Å². The molecule has 0 aliphatic heterocycles. The van der Waals surface area contributed by atoms with Crippen LogP contribution in [0.5, 0.6) is 5.75 Å². The summed E-state index contributed by atoms with van der Waals surface area (Å²) in [6.07, 6.45) is -2.76. The second kappa shape index (κ2) is 8.90. The van der Waals surface area contributed by atoms with Crippen LogP contribution in [0.3, 0.4) is 0 Å². The molecule has 2 heterocycles. The predicted molar refractivity (Wildman–Crippen MR) is 121 cm³/mol. The number of benzene rings is 2. The number of carbonyl (C=O) groups is 1. The zero-order valence-corrected chi connectivity index (χ0v) is 18.7. The van der Waals surface area contributed by atoms with Crippen molar-refractivity contribution >= 4 is 28.2 Å². The first-order valence-corrected chi connectivity index (χ1v) is 11.0. The molecule has 2 aromatic heterocycles. The highest BCUT2D eigenvalue weighted by Gasteiger charge is 2.30. The van der Waals surface area contributed by atoms with E-state index in [0.717, 1.165) is 33.6 Å². The smallest absolute Gasteiger partial charge is 0.416 e. The molecule has 0 spiro atoms. The Morgan fingerprint density at radius 3 is 2.61 bits per heavy atom. The molecular weight excluding hydrogens is 453 g/mol. The quantitative estimate of drug-likeness (QED) is 0.324. The number of nitrogens with one attached hydrogen (secondary N) is 1. The standard InChI is InChI=1S/C24H21F3N2O3S/c1-13(12-32-18-7-8-20-19(10-18)16(11-28-20)9-21(30)31)22-14(2)33-23(29-22)15-3-5-17(6-4-15)24(25,26)27/h3-8,10-11,13,28H,9,12H2,1-2H3,(H,30,31). The maximum atomic E-state index is 12.8. The van der Waals surface area contributed by atoms with Crippen molar-refractivity contribution in [3.05, 3.63) is 70.4 Å². The zero-order valence-electron chi connectivity index (χ0n) is 17.9. The fraction of sp³-hybridized carbons (Fsp3) is 0.250. The Morgan fingerprint density at radius 2 is 1.94 bits per heavy atom. The van der Waals surface area contributed by atoms with Crippen molar-refractivity contribution in [3.8, 4) is 16.3 Å². The molecule has 4 aromatic rings. The van der Waals surface area contributed by atoms with Crippen molar-refractivity contribution in [2.75, 3.05) is 6.61 Å². The maximum Gasteiger partial charge on any atom is 0.416 e. The van der Waals surface area contributed by atoms with Crippen LogP contribution in [-0.4, -0.2) is 27.7 Å². The van der Waals surface area contributed by atoms with Crippen molar-refractivity contribution < 1.29 is 27.8 Å². The molecule has 0 aliphatic rings. The lowest BCUT2D eigenvalue weighted by molar-refractivity contribution is -0.138. The van der Waals surface area contributed by atoms with Crippen LogP contribution in [0.25, 0.3) is 21.5 Å². The number of halogens is 3. The summed E-state index contributed by atoms with van der Waals surface area (Å²) in [5.74, 6) is -0.333. The van der Waals surface area contributed by atoms with Crippen LogP contribution in [0, 0.1) is 6.92 Å². The second-order valence-electron chi connectivity index (χ2n) is 7.84. The van der Waals surface area contributed by atoms with Gasteiger partial charge in [-0.2, -0.15) is 13.2 Å². The number of aromatic amines is 1. The SMILES string of the molecule is Cc1sc(-c2ccc(C(F)(F)F)cc2)nc1C(C)COc1ccc2[nH]cc(CC(=O)O)c2c1. The number of hydrogen-bond donors (Lipinski definition) is 2. The number of aliphatic carboxylic acids is 1. The molecule has 5 nitrogen and oxygen atoms in total. The van der Waals surface area contributed by atoms with E-state index in [1.807, 2.05) is 32.0 Å². The van der Waals surface area contributed by atoms with Crippen LogP contribution >= 0.6 is 11.3 Å². The number of rotatable bonds is 7. The van der Waals surface area contributed by atoms with E-state index < -0.39 is 17.7 Å². The van der Waals surface area contributed by atoms with Crippen molar-refractivity contribution in [2.24, 2.45) is 0 Å². The molecule has 2 N–H and O–H groups in total. The van der Waals surface area contributed by atoms with E-state index in [2.05, 4.69) is 9.97 Å². The highest BCUT2D eigenvalue weighted by Crippen LogP contribution is 2.34. The Hall–Kier alpha value is -3.33. The molecule has 0 saturated carbocycles. The van der Waals surface area contributed by atoms with E-state index in [1.54, 1.807) is 6.20 Å². The van der Waals surface area contributed by atoms with E-state index in [9.17, 15) is 18.0 Å². The summed E-state index contributed by atoms with van der Waals surface area (Å²) in [5, 5.41) is 10.5. The van der Waals surface area contributed by atoms with Gasteiger partial charge < -0.3 is 14.8 Å². The van der Waals surface area contributed by atoms with Crippen LogP contribution < -0.4 is 4.74 Å². The van der Waals surface area contributed by atoms with Crippen molar-refractivity contribution in [1.82, 2.24) is 9.97 Å². The number of thiazole rings is 1. The largest absolute Gasteiger partial charge is 0.493 e. The average Bonchev–Trinajstić information content (AvgIpc) is 3.34. The minimum atomic E-state index is -4.37. The lowest BCUT2D eigenvalue weighted by atomic mass is 10.1. The average molecular weight is 475 g/mol. The molecule has 1 unspecified atom stereocenters. The normalized spacial score (nSPS) is 12.8. The van der Waals surface area contributed by atoms with Gasteiger partial charge in [-0.25, -0.2) is 4.98 Å².